The molecule has 0 aromatic heterocycles. The number of rotatable bonds is 4. The van der Waals surface area contributed by atoms with Crippen LogP contribution in [0.25, 0.3) is 0 Å². The predicted molar refractivity (Wildman–Crippen MR) is 95.2 cm³/mol. The summed E-state index contributed by atoms with van der Waals surface area (Å²) in [5.74, 6) is 1.00. The summed E-state index contributed by atoms with van der Waals surface area (Å²) in [4.78, 5) is 3.90. The quantitative estimate of drug-likeness (QED) is 0.774. The monoisotopic (exact) mass is 313 g/mol. The van der Waals surface area contributed by atoms with Gasteiger partial charge in [0.2, 0.25) is 0 Å². The summed E-state index contributed by atoms with van der Waals surface area (Å²) in [6.07, 6.45) is 2.32. The summed E-state index contributed by atoms with van der Waals surface area (Å²) in [5, 5.41) is 0.444. The first kappa shape index (κ1) is 15.3. The van der Waals surface area contributed by atoms with Gasteiger partial charge in [-0.2, -0.15) is 0 Å². The number of anilines is 1. The lowest BCUT2D eigenvalue weighted by Gasteiger charge is -2.23. The van der Waals surface area contributed by atoms with Crippen molar-refractivity contribution in [1.82, 2.24) is 0 Å². The Morgan fingerprint density at radius 1 is 1.14 bits per heavy atom. The van der Waals surface area contributed by atoms with E-state index in [1.165, 1.54) is 22.6 Å². The van der Waals surface area contributed by atoms with Crippen molar-refractivity contribution >= 4 is 17.4 Å². The maximum atomic E-state index is 5.57. The fourth-order valence-electron chi connectivity index (χ4n) is 3.08. The van der Waals surface area contributed by atoms with Crippen LogP contribution >= 0.6 is 11.8 Å². The fourth-order valence-corrected chi connectivity index (χ4v) is 4.40. The maximum absolute atomic E-state index is 5.57. The molecule has 3 rings (SSSR count). The minimum atomic E-state index is 0.444. The zero-order valence-corrected chi connectivity index (χ0v) is 14.1. The summed E-state index contributed by atoms with van der Waals surface area (Å²) >= 11 is 1.97. The standard InChI is InChI=1S/C19H23NOS/c1-3-13-20-14-12-18(15-8-4-6-10-17(15)21-2)22-19-11-7-5-9-16(19)20/h4-11,18H,3,12-14H2,1-2H3/t18-/m0/s1. The lowest BCUT2D eigenvalue weighted by Crippen LogP contribution is -2.25. The summed E-state index contributed by atoms with van der Waals surface area (Å²) in [6.45, 7) is 4.47. The van der Waals surface area contributed by atoms with E-state index in [-0.39, 0.29) is 0 Å². The Hall–Kier alpha value is -1.61. The van der Waals surface area contributed by atoms with Crippen LogP contribution in [0.1, 0.15) is 30.6 Å². The lowest BCUT2D eigenvalue weighted by atomic mass is 10.1. The molecule has 0 saturated carbocycles. The van der Waals surface area contributed by atoms with Crippen molar-refractivity contribution < 1.29 is 4.74 Å². The van der Waals surface area contributed by atoms with Crippen LogP contribution in [0.2, 0.25) is 0 Å². The van der Waals surface area contributed by atoms with Crippen molar-refractivity contribution in [3.63, 3.8) is 0 Å². The van der Waals surface area contributed by atoms with Gasteiger partial charge < -0.3 is 9.64 Å². The van der Waals surface area contributed by atoms with Gasteiger partial charge >= 0.3 is 0 Å². The molecule has 1 atom stereocenters. The van der Waals surface area contributed by atoms with Gasteiger partial charge in [0.05, 0.1) is 12.8 Å². The molecular weight excluding hydrogens is 290 g/mol. The Labute approximate surface area is 137 Å². The molecule has 0 spiro atoms. The third-order valence-electron chi connectivity index (χ3n) is 4.12. The molecule has 0 N–H and O–H groups in total. The van der Waals surface area contributed by atoms with Gasteiger partial charge in [0.1, 0.15) is 5.75 Å². The van der Waals surface area contributed by atoms with Crippen LogP contribution in [0.5, 0.6) is 5.75 Å². The van der Waals surface area contributed by atoms with E-state index in [0.29, 0.717) is 5.25 Å². The molecule has 1 aliphatic heterocycles. The van der Waals surface area contributed by atoms with Crippen molar-refractivity contribution in [2.45, 2.75) is 29.9 Å². The molecule has 0 unspecified atom stereocenters. The largest absolute Gasteiger partial charge is 0.496 e. The first-order valence-electron chi connectivity index (χ1n) is 7.97. The van der Waals surface area contributed by atoms with Crippen molar-refractivity contribution in [2.75, 3.05) is 25.1 Å². The second-order valence-electron chi connectivity index (χ2n) is 5.59. The Morgan fingerprint density at radius 2 is 1.91 bits per heavy atom. The minimum Gasteiger partial charge on any atom is -0.496 e. The van der Waals surface area contributed by atoms with Crippen molar-refractivity contribution in [1.29, 1.82) is 0 Å². The van der Waals surface area contributed by atoms with Crippen LogP contribution in [-0.4, -0.2) is 20.2 Å². The van der Waals surface area contributed by atoms with Gasteiger partial charge in [-0.3, -0.25) is 0 Å². The third kappa shape index (κ3) is 3.09. The minimum absolute atomic E-state index is 0.444. The number of thioether (sulfide) groups is 1. The van der Waals surface area contributed by atoms with Crippen LogP contribution in [0.4, 0.5) is 5.69 Å². The highest BCUT2D eigenvalue weighted by atomic mass is 32.2. The zero-order chi connectivity index (χ0) is 15.4. The second kappa shape index (κ2) is 7.10. The topological polar surface area (TPSA) is 12.5 Å². The summed E-state index contributed by atoms with van der Waals surface area (Å²) in [6, 6.07) is 17.2. The predicted octanol–water partition coefficient (Wildman–Crippen LogP) is 5.15. The Bertz CT molecular complexity index is 628. The molecule has 2 nitrogen and oxygen atoms in total. The Kier molecular flexibility index (Phi) is 4.94. The summed E-state index contributed by atoms with van der Waals surface area (Å²) < 4.78 is 5.57. The third-order valence-corrected chi connectivity index (χ3v) is 5.49. The molecule has 0 aliphatic carbocycles. The number of hydrogen-bond donors (Lipinski definition) is 0. The maximum Gasteiger partial charge on any atom is 0.123 e. The number of benzene rings is 2. The van der Waals surface area contributed by atoms with Gasteiger partial charge in [0.15, 0.2) is 0 Å². The molecule has 0 radical (unpaired) electrons. The number of nitrogens with zero attached hydrogens (tertiary/aromatic N) is 1. The van der Waals surface area contributed by atoms with Crippen LogP contribution < -0.4 is 9.64 Å². The highest BCUT2D eigenvalue weighted by Crippen LogP contribution is 2.47. The van der Waals surface area contributed by atoms with E-state index in [1.54, 1.807) is 7.11 Å². The van der Waals surface area contributed by atoms with E-state index in [1.807, 2.05) is 17.8 Å². The molecule has 3 heteroatoms. The number of hydrogen-bond acceptors (Lipinski definition) is 3. The molecule has 1 aliphatic rings. The zero-order valence-electron chi connectivity index (χ0n) is 13.3. The molecule has 0 amide bonds. The highest BCUT2D eigenvalue weighted by Gasteiger charge is 2.24. The SMILES string of the molecule is CCCN1CC[C@@H](c2ccccc2OC)Sc2ccccc21. The second-order valence-corrected chi connectivity index (χ2v) is 6.84. The van der Waals surface area contributed by atoms with E-state index >= 15 is 0 Å². The first-order valence-corrected chi connectivity index (χ1v) is 8.85. The van der Waals surface area contributed by atoms with Gasteiger partial charge in [-0.25, -0.2) is 0 Å². The Balaban J connectivity index is 1.94. The molecule has 116 valence electrons. The summed E-state index contributed by atoms with van der Waals surface area (Å²) in [5.41, 5.74) is 2.69. The van der Waals surface area contributed by atoms with E-state index in [9.17, 15) is 0 Å². The molecule has 2 aromatic carbocycles. The molecule has 22 heavy (non-hydrogen) atoms. The number of methoxy groups -OCH3 is 1. The van der Waals surface area contributed by atoms with Gasteiger partial charge in [-0.05, 0) is 31.0 Å². The van der Waals surface area contributed by atoms with Gasteiger partial charge in [0, 0.05) is 28.8 Å². The van der Waals surface area contributed by atoms with Crippen molar-refractivity contribution in [3.05, 3.63) is 54.1 Å². The molecule has 1 heterocycles. The van der Waals surface area contributed by atoms with Gasteiger partial charge in [-0.1, -0.05) is 37.3 Å². The van der Waals surface area contributed by atoms with Gasteiger partial charge in [-0.15, -0.1) is 11.8 Å². The molecule has 0 fully saturated rings. The molecular formula is C19H23NOS. The van der Waals surface area contributed by atoms with Crippen LogP contribution in [0.15, 0.2) is 53.4 Å². The Morgan fingerprint density at radius 3 is 2.73 bits per heavy atom. The lowest BCUT2D eigenvalue weighted by molar-refractivity contribution is 0.409. The van der Waals surface area contributed by atoms with Crippen LogP contribution in [0, 0.1) is 0 Å². The normalized spacial score (nSPS) is 17.7. The smallest absolute Gasteiger partial charge is 0.123 e. The van der Waals surface area contributed by atoms with E-state index in [4.69, 9.17) is 4.74 Å². The van der Waals surface area contributed by atoms with E-state index in [0.717, 1.165) is 25.3 Å². The van der Waals surface area contributed by atoms with Crippen molar-refractivity contribution in [3.8, 4) is 5.75 Å². The number of para-hydroxylation sites is 2. The summed E-state index contributed by atoms with van der Waals surface area (Å²) in [7, 11) is 1.76. The molecule has 0 saturated heterocycles. The van der Waals surface area contributed by atoms with Crippen LogP contribution in [-0.2, 0) is 0 Å². The molecule has 2 aromatic rings. The average molecular weight is 313 g/mol. The molecule has 0 bridgehead atoms. The van der Waals surface area contributed by atoms with E-state index in [2.05, 4.69) is 54.3 Å². The van der Waals surface area contributed by atoms with Crippen molar-refractivity contribution in [2.24, 2.45) is 0 Å². The highest BCUT2D eigenvalue weighted by molar-refractivity contribution is 7.99. The number of ether oxygens (including phenoxy) is 1. The average Bonchev–Trinajstić information content (AvgIpc) is 2.75. The number of fused-ring (bicyclic) bond motifs is 1. The fraction of sp³-hybridized carbons (Fsp3) is 0.368. The van der Waals surface area contributed by atoms with Gasteiger partial charge in [0.25, 0.3) is 0 Å². The van der Waals surface area contributed by atoms with Crippen LogP contribution in [0.3, 0.4) is 0 Å². The van der Waals surface area contributed by atoms with E-state index < -0.39 is 0 Å². The first-order chi connectivity index (χ1) is 10.8.